The minimum atomic E-state index is -0.712. The molecular weight excluding hydrogens is 228 g/mol. The van der Waals surface area contributed by atoms with E-state index in [0.29, 0.717) is 0 Å². The van der Waals surface area contributed by atoms with Crippen LogP contribution in [0.2, 0.25) is 0 Å². The standard InChI is InChI=1S/C11H20O4S/c1-3-11-5-8(16-4-2)10(15-11)9(13)7(6-12)14-11/h7-10,12-13H,3-6H2,1-2H3. The van der Waals surface area contributed by atoms with E-state index in [4.69, 9.17) is 9.47 Å². The summed E-state index contributed by atoms with van der Waals surface area (Å²) in [5.74, 6) is 0.422. The van der Waals surface area contributed by atoms with Gasteiger partial charge in [-0.3, -0.25) is 0 Å². The highest BCUT2D eigenvalue weighted by molar-refractivity contribution is 7.99. The molecule has 2 aliphatic rings. The molecule has 0 aromatic rings. The summed E-state index contributed by atoms with van der Waals surface area (Å²) < 4.78 is 11.6. The third kappa shape index (κ3) is 1.99. The van der Waals surface area contributed by atoms with Gasteiger partial charge in [0.25, 0.3) is 0 Å². The minimum Gasteiger partial charge on any atom is -0.394 e. The number of fused-ring (bicyclic) bond motifs is 2. The molecular formula is C11H20O4S. The van der Waals surface area contributed by atoms with Crippen molar-refractivity contribution in [1.29, 1.82) is 0 Å². The zero-order valence-corrected chi connectivity index (χ0v) is 10.6. The van der Waals surface area contributed by atoms with Crippen LogP contribution in [0.15, 0.2) is 0 Å². The minimum absolute atomic E-state index is 0.147. The molecule has 0 radical (unpaired) electrons. The fourth-order valence-electron chi connectivity index (χ4n) is 2.54. The second-order valence-electron chi connectivity index (χ2n) is 4.37. The van der Waals surface area contributed by atoms with Crippen molar-refractivity contribution in [3.63, 3.8) is 0 Å². The van der Waals surface area contributed by atoms with Crippen LogP contribution in [0, 0.1) is 0 Å². The Kier molecular flexibility index (Phi) is 3.81. The summed E-state index contributed by atoms with van der Waals surface area (Å²) in [5.41, 5.74) is 0. The molecule has 0 aromatic carbocycles. The van der Waals surface area contributed by atoms with Crippen LogP contribution < -0.4 is 0 Å². The fraction of sp³-hybridized carbons (Fsp3) is 1.00. The van der Waals surface area contributed by atoms with E-state index < -0.39 is 18.0 Å². The second-order valence-corrected chi connectivity index (χ2v) is 5.89. The van der Waals surface area contributed by atoms with Gasteiger partial charge in [-0.15, -0.1) is 0 Å². The summed E-state index contributed by atoms with van der Waals surface area (Å²) in [6.45, 7) is 3.97. The third-order valence-electron chi connectivity index (χ3n) is 3.41. The van der Waals surface area contributed by atoms with Crippen LogP contribution in [0.3, 0.4) is 0 Å². The van der Waals surface area contributed by atoms with Crippen molar-refractivity contribution in [1.82, 2.24) is 0 Å². The molecule has 2 bridgehead atoms. The highest BCUT2D eigenvalue weighted by Gasteiger charge is 2.56. The molecule has 0 amide bonds. The van der Waals surface area contributed by atoms with Gasteiger partial charge in [0.1, 0.15) is 18.3 Å². The Hall–Kier alpha value is 0.190. The number of ether oxygens (including phenoxy) is 2. The topological polar surface area (TPSA) is 58.9 Å². The van der Waals surface area contributed by atoms with Gasteiger partial charge in [0.15, 0.2) is 5.79 Å². The Morgan fingerprint density at radius 2 is 2.12 bits per heavy atom. The molecule has 5 atom stereocenters. The van der Waals surface area contributed by atoms with Crippen LogP contribution in [0.5, 0.6) is 0 Å². The van der Waals surface area contributed by atoms with Gasteiger partial charge in [-0.1, -0.05) is 13.8 Å². The van der Waals surface area contributed by atoms with Gasteiger partial charge in [-0.2, -0.15) is 11.8 Å². The molecule has 0 aromatic heterocycles. The first kappa shape index (κ1) is 12.6. The molecule has 2 aliphatic heterocycles. The first-order valence-electron chi connectivity index (χ1n) is 5.92. The van der Waals surface area contributed by atoms with Crippen molar-refractivity contribution in [3.8, 4) is 0 Å². The van der Waals surface area contributed by atoms with E-state index in [2.05, 4.69) is 6.92 Å². The summed E-state index contributed by atoms with van der Waals surface area (Å²) in [4.78, 5) is 0. The van der Waals surface area contributed by atoms with E-state index in [0.717, 1.165) is 18.6 Å². The van der Waals surface area contributed by atoms with E-state index in [9.17, 15) is 10.2 Å². The average molecular weight is 248 g/mol. The van der Waals surface area contributed by atoms with Crippen LogP contribution >= 0.6 is 11.8 Å². The summed E-state index contributed by atoms with van der Waals surface area (Å²) in [7, 11) is 0. The fourth-order valence-corrected chi connectivity index (χ4v) is 3.75. The summed E-state index contributed by atoms with van der Waals surface area (Å²) in [5, 5.41) is 19.5. The highest BCUT2D eigenvalue weighted by Crippen LogP contribution is 2.46. The molecule has 2 rings (SSSR count). The largest absolute Gasteiger partial charge is 0.394 e. The maximum atomic E-state index is 10.0. The first-order chi connectivity index (χ1) is 7.65. The number of aliphatic hydroxyl groups excluding tert-OH is 2. The average Bonchev–Trinajstić information content (AvgIpc) is 2.61. The molecule has 0 aliphatic carbocycles. The van der Waals surface area contributed by atoms with Gasteiger partial charge in [0.2, 0.25) is 0 Å². The van der Waals surface area contributed by atoms with Gasteiger partial charge in [0, 0.05) is 11.7 Å². The Bertz CT molecular complexity index is 250. The lowest BCUT2D eigenvalue weighted by Gasteiger charge is -2.40. The van der Waals surface area contributed by atoms with E-state index in [1.54, 1.807) is 11.8 Å². The van der Waals surface area contributed by atoms with Crippen molar-refractivity contribution in [2.45, 2.75) is 56.0 Å². The molecule has 2 heterocycles. The van der Waals surface area contributed by atoms with Gasteiger partial charge >= 0.3 is 0 Å². The molecule has 5 heteroatoms. The van der Waals surface area contributed by atoms with Gasteiger partial charge in [0.05, 0.1) is 6.61 Å². The molecule has 0 saturated carbocycles. The van der Waals surface area contributed by atoms with Crippen LogP contribution in [0.4, 0.5) is 0 Å². The number of hydrogen-bond acceptors (Lipinski definition) is 5. The second kappa shape index (κ2) is 4.82. The quantitative estimate of drug-likeness (QED) is 0.769. The molecule has 16 heavy (non-hydrogen) atoms. The van der Waals surface area contributed by atoms with E-state index in [-0.39, 0.29) is 18.0 Å². The molecule has 0 spiro atoms. The van der Waals surface area contributed by atoms with Crippen LogP contribution in [0.25, 0.3) is 0 Å². The van der Waals surface area contributed by atoms with Crippen LogP contribution in [-0.4, -0.2) is 51.9 Å². The lowest BCUT2D eigenvalue weighted by molar-refractivity contribution is -0.322. The lowest BCUT2D eigenvalue weighted by Crippen LogP contribution is -2.53. The number of aliphatic hydroxyl groups is 2. The summed E-state index contributed by atoms with van der Waals surface area (Å²) in [6, 6.07) is 0. The van der Waals surface area contributed by atoms with E-state index >= 15 is 0 Å². The van der Waals surface area contributed by atoms with Crippen LogP contribution in [-0.2, 0) is 9.47 Å². The van der Waals surface area contributed by atoms with Crippen molar-refractivity contribution >= 4 is 11.8 Å². The number of rotatable bonds is 4. The smallest absolute Gasteiger partial charge is 0.170 e. The van der Waals surface area contributed by atoms with Gasteiger partial charge in [-0.25, -0.2) is 0 Å². The Balaban J connectivity index is 2.16. The van der Waals surface area contributed by atoms with Crippen LogP contribution in [0.1, 0.15) is 26.7 Å². The Morgan fingerprint density at radius 3 is 2.69 bits per heavy atom. The van der Waals surface area contributed by atoms with Crippen molar-refractivity contribution in [3.05, 3.63) is 0 Å². The van der Waals surface area contributed by atoms with E-state index in [1.807, 2.05) is 6.92 Å². The predicted octanol–water partition coefficient (Wildman–Crippen LogP) is 0.755. The highest BCUT2D eigenvalue weighted by atomic mass is 32.2. The summed E-state index contributed by atoms with van der Waals surface area (Å²) >= 11 is 1.80. The van der Waals surface area contributed by atoms with Crippen molar-refractivity contribution in [2.24, 2.45) is 0 Å². The van der Waals surface area contributed by atoms with Gasteiger partial charge < -0.3 is 19.7 Å². The number of thioether (sulfide) groups is 1. The third-order valence-corrected chi connectivity index (χ3v) is 4.61. The molecule has 2 saturated heterocycles. The lowest BCUT2D eigenvalue weighted by atomic mass is 10.1. The molecule has 2 fully saturated rings. The molecule has 5 unspecified atom stereocenters. The maximum Gasteiger partial charge on any atom is 0.170 e. The normalized spacial score (nSPS) is 47.2. The first-order valence-corrected chi connectivity index (χ1v) is 6.97. The summed E-state index contributed by atoms with van der Waals surface area (Å²) in [6.07, 6.45) is 0.154. The van der Waals surface area contributed by atoms with Gasteiger partial charge in [-0.05, 0) is 12.2 Å². The maximum absolute atomic E-state index is 10.0. The Morgan fingerprint density at radius 1 is 1.38 bits per heavy atom. The Labute approximate surface area is 100 Å². The molecule has 2 N–H and O–H groups in total. The molecule has 4 nitrogen and oxygen atoms in total. The zero-order valence-electron chi connectivity index (χ0n) is 9.76. The van der Waals surface area contributed by atoms with E-state index in [1.165, 1.54) is 0 Å². The number of hydrogen-bond donors (Lipinski definition) is 2. The monoisotopic (exact) mass is 248 g/mol. The SMILES string of the molecule is CCSC1CC2(CC)OC(CO)C(O)C1O2. The molecule has 94 valence electrons. The predicted molar refractivity (Wildman–Crippen MR) is 62.4 cm³/mol. The van der Waals surface area contributed by atoms with Crippen molar-refractivity contribution < 1.29 is 19.7 Å². The van der Waals surface area contributed by atoms with Crippen molar-refractivity contribution in [2.75, 3.05) is 12.4 Å². The zero-order chi connectivity index (χ0) is 11.8.